The summed E-state index contributed by atoms with van der Waals surface area (Å²) in [6, 6.07) is 19.6. The van der Waals surface area contributed by atoms with Crippen LogP contribution in [0.15, 0.2) is 48.5 Å². The average molecular weight is 433 g/mol. The normalized spacial score (nSPS) is 30.4. The van der Waals surface area contributed by atoms with Crippen LogP contribution in [0.1, 0.15) is 24.2 Å². The fourth-order valence-corrected chi connectivity index (χ4v) is 4.86. The highest BCUT2D eigenvalue weighted by atomic mass is 35.5. The van der Waals surface area contributed by atoms with Gasteiger partial charge in [-0.15, -0.1) is 0 Å². The van der Waals surface area contributed by atoms with Crippen molar-refractivity contribution in [3.05, 3.63) is 64.7 Å². The molecule has 2 saturated heterocycles. The monoisotopic (exact) mass is 432 g/mol. The van der Waals surface area contributed by atoms with Gasteiger partial charge in [0.1, 0.15) is 11.9 Å². The van der Waals surface area contributed by atoms with Crippen LogP contribution in [0, 0.1) is 56.2 Å². The first-order valence-corrected chi connectivity index (χ1v) is 9.82. The summed E-state index contributed by atoms with van der Waals surface area (Å²) < 4.78 is 17.6. The van der Waals surface area contributed by atoms with E-state index in [1.165, 1.54) is 0 Å². The van der Waals surface area contributed by atoms with Gasteiger partial charge < -0.3 is 14.2 Å². The van der Waals surface area contributed by atoms with Crippen LogP contribution in [0.4, 0.5) is 0 Å². The van der Waals surface area contributed by atoms with E-state index in [1.807, 2.05) is 12.1 Å². The number of hydrogen-bond donors (Lipinski definition) is 1. The quantitative estimate of drug-likeness (QED) is 0.763. The highest BCUT2D eigenvalue weighted by Gasteiger charge is 2.79. The van der Waals surface area contributed by atoms with Crippen molar-refractivity contribution in [2.24, 2.45) is 16.7 Å². The Morgan fingerprint density at radius 1 is 1.06 bits per heavy atom. The maximum atomic E-state index is 10.3. The van der Waals surface area contributed by atoms with Crippen molar-refractivity contribution in [2.75, 3.05) is 7.11 Å². The second-order valence-electron chi connectivity index (χ2n) is 7.55. The van der Waals surface area contributed by atoms with E-state index in [9.17, 15) is 15.8 Å². The van der Waals surface area contributed by atoms with Gasteiger partial charge in [-0.1, -0.05) is 30.7 Å². The molecule has 4 rings (SSSR count). The largest absolute Gasteiger partial charge is 0.497 e. The maximum absolute atomic E-state index is 10.3. The summed E-state index contributed by atoms with van der Waals surface area (Å²) in [7, 11) is 1.54. The highest BCUT2D eigenvalue weighted by molar-refractivity contribution is 6.30. The number of nitrogens with one attached hydrogen (secondary N) is 1. The standard InChI is InChI=1S/C23H17ClN4O3/c1-14-22(13-27)20(28)31-23(14,16-6-8-18(29-2)9-7-16)30-19(21(22,11-25)12-26)15-4-3-5-17(24)10-15/h3-10,14,19,28H,1-2H3. The SMILES string of the molecule is COc1ccc(C23OC(=N)C(C#N)(C2C)C(C#N)(C#N)C(c2cccc(Cl)c2)O3)cc1. The molecule has 2 aromatic rings. The van der Waals surface area contributed by atoms with E-state index >= 15 is 0 Å². The lowest BCUT2D eigenvalue weighted by molar-refractivity contribution is -0.288. The van der Waals surface area contributed by atoms with Crippen molar-refractivity contribution in [3.63, 3.8) is 0 Å². The summed E-state index contributed by atoms with van der Waals surface area (Å²) in [6.45, 7) is 1.66. The van der Waals surface area contributed by atoms with Crippen LogP contribution in [0.25, 0.3) is 0 Å². The van der Waals surface area contributed by atoms with Gasteiger partial charge in [-0.25, -0.2) is 0 Å². The second kappa shape index (κ2) is 7.00. The Kier molecular flexibility index (Phi) is 4.67. The molecule has 0 amide bonds. The molecule has 0 aromatic heterocycles. The number of rotatable bonds is 3. The molecule has 2 aromatic carbocycles. The van der Waals surface area contributed by atoms with Crippen LogP contribution in [0.3, 0.4) is 0 Å². The molecule has 0 radical (unpaired) electrons. The van der Waals surface area contributed by atoms with Crippen molar-refractivity contribution in [1.29, 1.82) is 21.2 Å². The van der Waals surface area contributed by atoms with Gasteiger partial charge in [0.15, 0.2) is 5.41 Å². The summed E-state index contributed by atoms with van der Waals surface area (Å²) in [5.74, 6) is -2.24. The number of methoxy groups -OCH3 is 1. The lowest BCUT2D eigenvalue weighted by Crippen LogP contribution is -2.57. The fraction of sp³-hybridized carbons (Fsp3) is 0.304. The molecule has 0 spiro atoms. The molecule has 4 atom stereocenters. The third-order valence-corrected chi connectivity index (χ3v) is 6.55. The van der Waals surface area contributed by atoms with Gasteiger partial charge in [0.2, 0.25) is 17.1 Å². The molecular formula is C23H17ClN4O3. The van der Waals surface area contributed by atoms with E-state index in [-0.39, 0.29) is 0 Å². The number of benzene rings is 2. The number of nitrogens with zero attached hydrogens (tertiary/aromatic N) is 3. The zero-order chi connectivity index (χ0) is 22.4. The Labute approximate surface area is 184 Å². The van der Waals surface area contributed by atoms with Gasteiger partial charge in [-0.2, -0.15) is 15.8 Å². The van der Waals surface area contributed by atoms with Gasteiger partial charge in [0.25, 0.3) is 0 Å². The summed E-state index contributed by atoms with van der Waals surface area (Å²) in [4.78, 5) is 0. The summed E-state index contributed by atoms with van der Waals surface area (Å²) in [6.07, 6.45) is -1.19. The first-order valence-electron chi connectivity index (χ1n) is 9.45. The van der Waals surface area contributed by atoms with Crippen molar-refractivity contribution >= 4 is 17.5 Å². The van der Waals surface area contributed by atoms with Gasteiger partial charge >= 0.3 is 0 Å². The predicted octanol–water partition coefficient (Wildman–Crippen LogP) is 4.46. The van der Waals surface area contributed by atoms with Gasteiger partial charge in [-0.05, 0) is 42.0 Å². The first kappa shape index (κ1) is 20.7. The lowest BCUT2D eigenvalue weighted by atomic mass is 9.53. The third kappa shape index (κ3) is 2.44. The molecular weight excluding hydrogens is 416 g/mol. The molecule has 31 heavy (non-hydrogen) atoms. The molecule has 2 aliphatic heterocycles. The van der Waals surface area contributed by atoms with Crippen LogP contribution >= 0.6 is 11.6 Å². The highest BCUT2D eigenvalue weighted by Crippen LogP contribution is 2.69. The van der Waals surface area contributed by atoms with Crippen molar-refractivity contribution in [1.82, 2.24) is 0 Å². The maximum Gasteiger partial charge on any atom is 0.244 e. The first-order chi connectivity index (χ1) is 14.8. The zero-order valence-electron chi connectivity index (χ0n) is 16.7. The van der Waals surface area contributed by atoms with E-state index in [0.717, 1.165) is 0 Å². The Bertz CT molecular complexity index is 1180. The van der Waals surface area contributed by atoms with Crippen LogP contribution in [0.5, 0.6) is 5.75 Å². The second-order valence-corrected chi connectivity index (χ2v) is 7.99. The molecule has 2 heterocycles. The predicted molar refractivity (Wildman–Crippen MR) is 110 cm³/mol. The topological polar surface area (TPSA) is 123 Å². The number of nitriles is 3. The molecule has 4 unspecified atom stereocenters. The van der Waals surface area contributed by atoms with Crippen molar-refractivity contribution < 1.29 is 14.2 Å². The molecule has 154 valence electrons. The Hall–Kier alpha value is -3.57. The fourth-order valence-electron chi connectivity index (χ4n) is 4.66. The number of ether oxygens (including phenoxy) is 3. The van der Waals surface area contributed by atoms with Crippen LogP contribution in [-0.2, 0) is 15.3 Å². The lowest BCUT2D eigenvalue weighted by Gasteiger charge is -2.48. The summed E-state index contributed by atoms with van der Waals surface area (Å²) in [5.41, 5.74) is -2.91. The van der Waals surface area contributed by atoms with E-state index < -0.39 is 34.5 Å². The van der Waals surface area contributed by atoms with E-state index in [1.54, 1.807) is 62.6 Å². The molecule has 2 bridgehead atoms. The molecule has 7 nitrogen and oxygen atoms in total. The minimum atomic E-state index is -2.03. The van der Waals surface area contributed by atoms with Gasteiger partial charge in [0, 0.05) is 10.6 Å². The Morgan fingerprint density at radius 2 is 1.74 bits per heavy atom. The smallest absolute Gasteiger partial charge is 0.244 e. The van der Waals surface area contributed by atoms with Crippen LogP contribution in [-0.4, -0.2) is 13.0 Å². The average Bonchev–Trinajstić information content (AvgIpc) is 2.95. The van der Waals surface area contributed by atoms with E-state index in [0.29, 0.717) is 21.9 Å². The van der Waals surface area contributed by atoms with Gasteiger partial charge in [0.05, 0.1) is 31.2 Å². The minimum Gasteiger partial charge on any atom is -0.497 e. The van der Waals surface area contributed by atoms with E-state index in [2.05, 4.69) is 6.07 Å². The molecule has 1 N–H and O–H groups in total. The van der Waals surface area contributed by atoms with E-state index in [4.69, 9.17) is 31.2 Å². The number of hydrogen-bond acceptors (Lipinski definition) is 7. The third-order valence-electron chi connectivity index (χ3n) is 6.31. The molecule has 0 aliphatic carbocycles. The molecule has 2 aliphatic rings. The molecule has 0 saturated carbocycles. The molecule has 2 fully saturated rings. The van der Waals surface area contributed by atoms with Crippen LogP contribution < -0.4 is 4.74 Å². The van der Waals surface area contributed by atoms with Crippen LogP contribution in [0.2, 0.25) is 5.02 Å². The Balaban J connectivity index is 2.02. The zero-order valence-corrected chi connectivity index (χ0v) is 17.5. The number of fused-ring (bicyclic) bond motifs is 2. The Morgan fingerprint density at radius 3 is 2.29 bits per heavy atom. The summed E-state index contributed by atoms with van der Waals surface area (Å²) >= 11 is 6.17. The summed E-state index contributed by atoms with van der Waals surface area (Å²) in [5, 5.41) is 39.7. The van der Waals surface area contributed by atoms with Crippen molar-refractivity contribution in [2.45, 2.75) is 18.8 Å². The molecule has 8 heteroatoms. The van der Waals surface area contributed by atoms with Crippen molar-refractivity contribution in [3.8, 4) is 24.0 Å². The van der Waals surface area contributed by atoms with Gasteiger partial charge in [-0.3, -0.25) is 5.41 Å². The number of halogens is 1. The minimum absolute atomic E-state index is 0.386.